The van der Waals surface area contributed by atoms with E-state index in [1.54, 1.807) is 6.07 Å². The van der Waals surface area contributed by atoms with Gasteiger partial charge in [-0.25, -0.2) is 4.79 Å². The van der Waals surface area contributed by atoms with Crippen LogP contribution in [0.3, 0.4) is 0 Å². The van der Waals surface area contributed by atoms with Crippen LogP contribution in [0.4, 0.5) is 5.69 Å². The van der Waals surface area contributed by atoms with E-state index in [1.165, 1.54) is 12.1 Å². The van der Waals surface area contributed by atoms with Crippen molar-refractivity contribution in [3.8, 4) is 11.4 Å². The molecule has 0 bridgehead atoms. The molecule has 82 valence electrons. The van der Waals surface area contributed by atoms with Crippen LogP contribution in [0, 0.1) is 10.1 Å². The predicted molar refractivity (Wildman–Crippen MR) is 56.9 cm³/mol. The first-order chi connectivity index (χ1) is 7.56. The molecule has 0 aliphatic heterocycles. The quantitative estimate of drug-likeness (QED) is 0.668. The van der Waals surface area contributed by atoms with Crippen LogP contribution in [0.1, 0.15) is 0 Å². The van der Waals surface area contributed by atoms with Crippen molar-refractivity contribution in [3.05, 3.63) is 43.3 Å². The van der Waals surface area contributed by atoms with E-state index in [0.717, 1.165) is 0 Å². The summed E-state index contributed by atoms with van der Waals surface area (Å²) < 4.78 is 4.83. The van der Waals surface area contributed by atoms with Gasteiger partial charge in [-0.2, -0.15) is 0 Å². The normalized spacial score (nSPS) is 10.3. The van der Waals surface area contributed by atoms with Crippen molar-refractivity contribution in [3.63, 3.8) is 0 Å². The molecule has 1 N–H and O–H groups in total. The standard InChI is InChI=1S/C8H4BrN3O4/c9-5-1-4(2-6(3-5)12(14)15)7-10-8(13)16-11-7/h1-3H,(H,10,11,13). The average molecular weight is 286 g/mol. The van der Waals surface area contributed by atoms with Crippen LogP contribution >= 0.6 is 15.9 Å². The molecule has 2 rings (SSSR count). The molecule has 0 saturated carbocycles. The van der Waals surface area contributed by atoms with Gasteiger partial charge >= 0.3 is 5.76 Å². The van der Waals surface area contributed by atoms with E-state index in [-0.39, 0.29) is 11.5 Å². The van der Waals surface area contributed by atoms with Crippen LogP contribution in [0.15, 0.2) is 32.0 Å². The van der Waals surface area contributed by atoms with Gasteiger partial charge in [0, 0.05) is 22.2 Å². The Morgan fingerprint density at radius 3 is 2.75 bits per heavy atom. The first-order valence-electron chi connectivity index (χ1n) is 4.07. The number of benzene rings is 1. The lowest BCUT2D eigenvalue weighted by Crippen LogP contribution is -1.95. The van der Waals surface area contributed by atoms with Gasteiger partial charge < -0.3 is 0 Å². The highest BCUT2D eigenvalue weighted by Gasteiger charge is 2.12. The van der Waals surface area contributed by atoms with Crippen LogP contribution in [0.5, 0.6) is 0 Å². The van der Waals surface area contributed by atoms with Gasteiger partial charge in [-0.1, -0.05) is 21.1 Å². The minimum atomic E-state index is -0.711. The number of H-pyrrole nitrogens is 1. The third kappa shape index (κ3) is 2.01. The zero-order chi connectivity index (χ0) is 11.7. The number of nitrogens with zero attached hydrogens (tertiary/aromatic N) is 2. The molecule has 2 aromatic rings. The maximum Gasteiger partial charge on any atom is 0.439 e. The van der Waals surface area contributed by atoms with Crippen LogP contribution in [0.2, 0.25) is 0 Å². The highest BCUT2D eigenvalue weighted by molar-refractivity contribution is 9.10. The lowest BCUT2D eigenvalue weighted by molar-refractivity contribution is -0.384. The van der Waals surface area contributed by atoms with Gasteiger partial charge in [0.2, 0.25) is 0 Å². The van der Waals surface area contributed by atoms with Gasteiger partial charge in [-0.15, -0.1) is 0 Å². The van der Waals surface area contributed by atoms with Crippen molar-refractivity contribution in [2.75, 3.05) is 0 Å². The number of nitrogens with one attached hydrogen (secondary N) is 1. The van der Waals surface area contributed by atoms with Gasteiger partial charge in [-0.05, 0) is 6.07 Å². The number of aromatic nitrogens is 2. The topological polar surface area (TPSA) is 102 Å². The summed E-state index contributed by atoms with van der Waals surface area (Å²) >= 11 is 3.13. The Balaban J connectivity index is 2.57. The number of non-ortho nitro benzene ring substituents is 1. The minimum Gasteiger partial charge on any atom is -0.296 e. The molecule has 0 fully saturated rings. The van der Waals surface area contributed by atoms with Gasteiger partial charge in [0.1, 0.15) is 0 Å². The number of halogens is 1. The van der Waals surface area contributed by atoms with Gasteiger partial charge in [-0.3, -0.25) is 19.6 Å². The number of hydrogen-bond acceptors (Lipinski definition) is 5. The number of rotatable bonds is 2. The molecule has 0 atom stereocenters. The second kappa shape index (κ2) is 3.89. The second-order valence-electron chi connectivity index (χ2n) is 2.90. The van der Waals surface area contributed by atoms with Gasteiger partial charge in [0.15, 0.2) is 5.82 Å². The van der Waals surface area contributed by atoms with E-state index in [9.17, 15) is 14.9 Å². The smallest absolute Gasteiger partial charge is 0.296 e. The molecule has 1 heterocycles. The highest BCUT2D eigenvalue weighted by Crippen LogP contribution is 2.26. The Bertz CT molecular complexity index is 603. The Hall–Kier alpha value is -1.96. The SMILES string of the molecule is O=c1[nH]c(-c2cc(Br)cc([N+](=O)[O-])c2)no1. The summed E-state index contributed by atoms with van der Waals surface area (Å²) in [5.74, 6) is -0.563. The molecule has 0 saturated heterocycles. The predicted octanol–water partition coefficient (Wildman–Crippen LogP) is 1.70. The van der Waals surface area contributed by atoms with Crippen molar-refractivity contribution in [1.82, 2.24) is 10.1 Å². The summed E-state index contributed by atoms with van der Waals surface area (Å²) in [7, 11) is 0. The lowest BCUT2D eigenvalue weighted by atomic mass is 10.2. The molecular formula is C8H4BrN3O4. The Morgan fingerprint density at radius 2 is 2.19 bits per heavy atom. The van der Waals surface area contributed by atoms with Gasteiger partial charge in [0.05, 0.1) is 4.92 Å². The molecule has 0 unspecified atom stereocenters. The first-order valence-corrected chi connectivity index (χ1v) is 4.87. The van der Waals surface area contributed by atoms with Crippen molar-refractivity contribution >= 4 is 21.6 Å². The zero-order valence-electron chi connectivity index (χ0n) is 7.64. The minimum absolute atomic E-state index is 0.103. The van der Waals surface area contributed by atoms with Crippen molar-refractivity contribution in [2.24, 2.45) is 0 Å². The number of nitro benzene ring substituents is 1. The molecule has 0 aliphatic carbocycles. The summed E-state index contributed by atoms with van der Waals surface area (Å²) in [6.45, 7) is 0. The Labute approximate surface area is 96.4 Å². The van der Waals surface area contributed by atoms with E-state index in [1.807, 2.05) is 0 Å². The summed E-state index contributed by atoms with van der Waals surface area (Å²) in [5, 5.41) is 14.1. The van der Waals surface area contributed by atoms with E-state index in [0.29, 0.717) is 10.0 Å². The Morgan fingerprint density at radius 1 is 1.44 bits per heavy atom. The molecule has 0 radical (unpaired) electrons. The molecule has 1 aromatic heterocycles. The lowest BCUT2D eigenvalue weighted by Gasteiger charge is -1.97. The molecule has 0 spiro atoms. The first kappa shape index (κ1) is 10.6. The monoisotopic (exact) mass is 285 g/mol. The number of aromatic amines is 1. The van der Waals surface area contributed by atoms with Crippen LogP contribution in [0.25, 0.3) is 11.4 Å². The maximum atomic E-state index is 10.7. The van der Waals surface area contributed by atoms with Crippen LogP contribution < -0.4 is 5.76 Å². The Kier molecular flexibility index (Phi) is 2.57. The molecule has 16 heavy (non-hydrogen) atoms. The molecule has 8 heteroatoms. The highest BCUT2D eigenvalue weighted by atomic mass is 79.9. The van der Waals surface area contributed by atoms with Gasteiger partial charge in [0.25, 0.3) is 5.69 Å². The van der Waals surface area contributed by atoms with E-state index in [2.05, 4.69) is 30.6 Å². The average Bonchev–Trinajstić information content (AvgIpc) is 2.64. The van der Waals surface area contributed by atoms with E-state index in [4.69, 9.17) is 0 Å². The zero-order valence-corrected chi connectivity index (χ0v) is 9.22. The van der Waals surface area contributed by atoms with Crippen molar-refractivity contribution in [1.29, 1.82) is 0 Å². The van der Waals surface area contributed by atoms with Crippen molar-refractivity contribution < 1.29 is 9.45 Å². The largest absolute Gasteiger partial charge is 0.439 e. The fourth-order valence-corrected chi connectivity index (χ4v) is 1.65. The van der Waals surface area contributed by atoms with Crippen molar-refractivity contribution in [2.45, 2.75) is 0 Å². The van der Waals surface area contributed by atoms with Crippen LogP contribution in [-0.4, -0.2) is 15.1 Å². The summed E-state index contributed by atoms with van der Waals surface area (Å²) in [6.07, 6.45) is 0. The maximum absolute atomic E-state index is 10.7. The fourth-order valence-electron chi connectivity index (χ4n) is 1.17. The van der Waals surface area contributed by atoms with Crippen LogP contribution in [-0.2, 0) is 0 Å². The number of nitro groups is 1. The molecule has 0 aliphatic rings. The fraction of sp³-hybridized carbons (Fsp3) is 0. The molecular weight excluding hydrogens is 282 g/mol. The third-order valence-corrected chi connectivity index (χ3v) is 2.26. The number of hydrogen-bond donors (Lipinski definition) is 1. The third-order valence-electron chi connectivity index (χ3n) is 1.81. The summed E-state index contributed by atoms with van der Waals surface area (Å²) in [4.78, 5) is 23.1. The van der Waals surface area contributed by atoms with E-state index >= 15 is 0 Å². The summed E-state index contributed by atoms with van der Waals surface area (Å²) in [6, 6.07) is 4.22. The second-order valence-corrected chi connectivity index (χ2v) is 3.81. The molecule has 1 aromatic carbocycles. The summed E-state index contributed by atoms with van der Waals surface area (Å²) in [5.41, 5.74) is 0.292. The van der Waals surface area contributed by atoms with E-state index < -0.39 is 10.7 Å². The molecule has 0 amide bonds. The molecule has 7 nitrogen and oxygen atoms in total.